The normalized spacial score (nSPS) is 12.1. The van der Waals surface area contributed by atoms with Gasteiger partial charge in [-0.3, -0.25) is 9.59 Å². The predicted octanol–water partition coefficient (Wildman–Crippen LogP) is 3.95. The van der Waals surface area contributed by atoms with Crippen molar-refractivity contribution in [3.63, 3.8) is 0 Å². The van der Waals surface area contributed by atoms with E-state index >= 15 is 0 Å². The molecule has 164 valence electrons. The first-order valence-corrected chi connectivity index (χ1v) is 11.0. The van der Waals surface area contributed by atoms with Gasteiger partial charge in [-0.05, 0) is 49.1 Å². The molecule has 0 aliphatic rings. The standard InChI is InChI=1S/C24H27NO5S/c1-3-30-21-12-9-19(10-13-21)15-20(16-31-17(2)26)23(27)25-22(24(28)29)14-11-18-7-5-4-6-8-18/h4-10,12-13,15,22H,3,11,14,16H2,1-2H3,(H,25,27)(H,28,29)/b20-15+/t22-/m0/s1. The average molecular weight is 442 g/mol. The van der Waals surface area contributed by atoms with Gasteiger partial charge in [-0.1, -0.05) is 54.2 Å². The van der Waals surface area contributed by atoms with Crippen LogP contribution in [0.3, 0.4) is 0 Å². The third-order valence-electron chi connectivity index (χ3n) is 4.42. The summed E-state index contributed by atoms with van der Waals surface area (Å²) in [6, 6.07) is 15.7. The van der Waals surface area contributed by atoms with E-state index < -0.39 is 17.9 Å². The maximum Gasteiger partial charge on any atom is 0.326 e. The highest BCUT2D eigenvalue weighted by Gasteiger charge is 2.22. The van der Waals surface area contributed by atoms with Gasteiger partial charge in [-0.2, -0.15) is 0 Å². The Morgan fingerprint density at radius 2 is 1.77 bits per heavy atom. The Bertz CT molecular complexity index is 909. The SMILES string of the molecule is CCOc1ccc(/C=C(\CSC(C)=O)C(=O)N[C@@H](CCc2ccccc2)C(=O)O)cc1. The van der Waals surface area contributed by atoms with E-state index in [4.69, 9.17) is 4.74 Å². The summed E-state index contributed by atoms with van der Waals surface area (Å²) in [7, 11) is 0. The first-order chi connectivity index (χ1) is 14.9. The monoisotopic (exact) mass is 441 g/mol. The number of carbonyl (C=O) groups is 3. The van der Waals surface area contributed by atoms with Crippen LogP contribution in [0.2, 0.25) is 0 Å². The Labute approximate surface area is 186 Å². The number of nitrogens with one attached hydrogen (secondary N) is 1. The fraction of sp³-hybridized carbons (Fsp3) is 0.292. The van der Waals surface area contributed by atoms with Gasteiger partial charge in [0.2, 0.25) is 5.91 Å². The summed E-state index contributed by atoms with van der Waals surface area (Å²) in [6.45, 7) is 3.88. The molecular weight excluding hydrogens is 414 g/mol. The molecule has 2 N–H and O–H groups in total. The minimum absolute atomic E-state index is 0.121. The zero-order valence-corrected chi connectivity index (χ0v) is 18.5. The number of benzene rings is 2. The molecule has 7 heteroatoms. The van der Waals surface area contributed by atoms with Crippen molar-refractivity contribution < 1.29 is 24.2 Å². The molecule has 1 atom stereocenters. The van der Waals surface area contributed by atoms with Crippen LogP contribution in [0.15, 0.2) is 60.2 Å². The van der Waals surface area contributed by atoms with E-state index in [0.717, 1.165) is 28.6 Å². The van der Waals surface area contributed by atoms with Crippen molar-refractivity contribution in [3.05, 3.63) is 71.3 Å². The lowest BCUT2D eigenvalue weighted by atomic mass is 10.0. The molecule has 0 aliphatic heterocycles. The van der Waals surface area contributed by atoms with Gasteiger partial charge in [-0.15, -0.1) is 0 Å². The summed E-state index contributed by atoms with van der Waals surface area (Å²) in [5.41, 5.74) is 2.09. The molecule has 0 radical (unpaired) electrons. The molecular formula is C24H27NO5S. The summed E-state index contributed by atoms with van der Waals surface area (Å²) in [5, 5.41) is 12.0. The number of thioether (sulfide) groups is 1. The second kappa shape index (κ2) is 12.6. The summed E-state index contributed by atoms with van der Waals surface area (Å²) < 4.78 is 5.42. The Kier molecular flexibility index (Phi) is 9.84. The lowest BCUT2D eigenvalue weighted by molar-refractivity contribution is -0.141. The number of carboxylic acids is 1. The third-order valence-corrected chi connectivity index (χ3v) is 5.28. The van der Waals surface area contributed by atoms with Crippen LogP contribution >= 0.6 is 11.8 Å². The fourth-order valence-corrected chi connectivity index (χ4v) is 3.42. The van der Waals surface area contributed by atoms with Crippen LogP contribution in [0.1, 0.15) is 31.4 Å². The van der Waals surface area contributed by atoms with Gasteiger partial charge in [0.05, 0.1) is 6.61 Å². The first kappa shape index (κ1) is 24.2. The van der Waals surface area contributed by atoms with E-state index in [9.17, 15) is 19.5 Å². The van der Waals surface area contributed by atoms with Gasteiger partial charge in [0.25, 0.3) is 0 Å². The molecule has 2 rings (SSSR count). The molecule has 0 heterocycles. The second-order valence-electron chi connectivity index (χ2n) is 6.84. The first-order valence-electron chi connectivity index (χ1n) is 10.0. The third kappa shape index (κ3) is 8.68. The maximum atomic E-state index is 12.9. The van der Waals surface area contributed by atoms with Crippen molar-refractivity contribution >= 4 is 34.8 Å². The zero-order valence-electron chi connectivity index (χ0n) is 17.7. The quantitative estimate of drug-likeness (QED) is 0.513. The van der Waals surface area contributed by atoms with Gasteiger partial charge in [-0.25, -0.2) is 4.79 Å². The molecule has 0 saturated heterocycles. The van der Waals surface area contributed by atoms with Crippen molar-refractivity contribution in [1.82, 2.24) is 5.32 Å². The molecule has 2 aromatic carbocycles. The van der Waals surface area contributed by atoms with Crippen LogP contribution in [-0.4, -0.2) is 40.5 Å². The Hall–Kier alpha value is -3.06. The number of carbonyl (C=O) groups excluding carboxylic acids is 2. The number of aryl methyl sites for hydroxylation is 1. The predicted molar refractivity (Wildman–Crippen MR) is 123 cm³/mol. The zero-order chi connectivity index (χ0) is 22.6. The van der Waals surface area contributed by atoms with Crippen LogP contribution < -0.4 is 10.1 Å². The molecule has 0 saturated carbocycles. The van der Waals surface area contributed by atoms with Crippen molar-refractivity contribution in [2.45, 2.75) is 32.7 Å². The van der Waals surface area contributed by atoms with Crippen LogP contribution in [0.25, 0.3) is 6.08 Å². The fourth-order valence-electron chi connectivity index (χ4n) is 2.84. The minimum Gasteiger partial charge on any atom is -0.494 e. The number of amides is 1. The molecule has 0 bridgehead atoms. The van der Waals surface area contributed by atoms with Crippen molar-refractivity contribution in [3.8, 4) is 5.75 Å². The lowest BCUT2D eigenvalue weighted by Crippen LogP contribution is -2.42. The molecule has 0 aliphatic carbocycles. The molecule has 6 nitrogen and oxygen atoms in total. The van der Waals surface area contributed by atoms with E-state index in [1.165, 1.54) is 6.92 Å². The molecule has 31 heavy (non-hydrogen) atoms. The largest absolute Gasteiger partial charge is 0.494 e. The van der Waals surface area contributed by atoms with Gasteiger partial charge < -0.3 is 15.2 Å². The molecule has 0 aromatic heterocycles. The number of carboxylic acid groups (broad SMARTS) is 1. The molecule has 2 aromatic rings. The number of rotatable bonds is 11. The Morgan fingerprint density at radius 3 is 2.35 bits per heavy atom. The van der Waals surface area contributed by atoms with E-state index in [1.54, 1.807) is 30.3 Å². The molecule has 0 fully saturated rings. The van der Waals surface area contributed by atoms with Gasteiger partial charge in [0.15, 0.2) is 5.12 Å². The smallest absolute Gasteiger partial charge is 0.326 e. The van der Waals surface area contributed by atoms with E-state index in [2.05, 4.69) is 5.32 Å². The lowest BCUT2D eigenvalue weighted by Gasteiger charge is -2.16. The highest BCUT2D eigenvalue weighted by Crippen LogP contribution is 2.18. The Balaban J connectivity index is 2.13. The van der Waals surface area contributed by atoms with E-state index in [0.29, 0.717) is 18.6 Å². The summed E-state index contributed by atoms with van der Waals surface area (Å²) in [6.07, 6.45) is 2.45. The highest BCUT2D eigenvalue weighted by molar-refractivity contribution is 8.13. The molecule has 0 spiro atoms. The molecule has 0 unspecified atom stereocenters. The highest BCUT2D eigenvalue weighted by atomic mass is 32.2. The van der Waals surface area contributed by atoms with Crippen molar-refractivity contribution in [1.29, 1.82) is 0 Å². The summed E-state index contributed by atoms with van der Waals surface area (Å²) in [4.78, 5) is 36.0. The molecule has 1 amide bonds. The maximum absolute atomic E-state index is 12.9. The Morgan fingerprint density at radius 1 is 1.10 bits per heavy atom. The number of aliphatic carboxylic acids is 1. The summed E-state index contributed by atoms with van der Waals surface area (Å²) >= 11 is 1.00. The number of ether oxygens (including phenoxy) is 1. The topological polar surface area (TPSA) is 92.7 Å². The second-order valence-corrected chi connectivity index (χ2v) is 7.99. The number of hydrogen-bond acceptors (Lipinski definition) is 5. The summed E-state index contributed by atoms with van der Waals surface area (Å²) in [5.74, 6) is -0.720. The van der Waals surface area contributed by atoms with E-state index in [-0.39, 0.29) is 17.3 Å². The van der Waals surface area contributed by atoms with Crippen LogP contribution in [0.5, 0.6) is 5.75 Å². The minimum atomic E-state index is -1.09. The number of hydrogen-bond donors (Lipinski definition) is 2. The average Bonchev–Trinajstić information content (AvgIpc) is 2.75. The van der Waals surface area contributed by atoms with E-state index in [1.807, 2.05) is 37.3 Å². The van der Waals surface area contributed by atoms with Gasteiger partial charge >= 0.3 is 5.97 Å². The van der Waals surface area contributed by atoms with Crippen LogP contribution in [0.4, 0.5) is 0 Å². The van der Waals surface area contributed by atoms with Crippen LogP contribution in [0, 0.1) is 0 Å². The van der Waals surface area contributed by atoms with Crippen LogP contribution in [-0.2, 0) is 20.8 Å². The van der Waals surface area contributed by atoms with Gasteiger partial charge in [0, 0.05) is 18.2 Å². The van der Waals surface area contributed by atoms with Crippen molar-refractivity contribution in [2.24, 2.45) is 0 Å². The van der Waals surface area contributed by atoms with Gasteiger partial charge in [0.1, 0.15) is 11.8 Å². The van der Waals surface area contributed by atoms with Crippen molar-refractivity contribution in [2.75, 3.05) is 12.4 Å².